The molecule has 1 unspecified atom stereocenters. The van der Waals surface area contributed by atoms with Gasteiger partial charge < -0.3 is 4.90 Å². The van der Waals surface area contributed by atoms with Gasteiger partial charge in [0.25, 0.3) is 0 Å². The number of anilines is 1. The van der Waals surface area contributed by atoms with Crippen LogP contribution < -0.4 is 4.90 Å². The van der Waals surface area contributed by atoms with Crippen LogP contribution >= 0.6 is 23.2 Å². The molecule has 0 spiro atoms. The van der Waals surface area contributed by atoms with Crippen LogP contribution in [0.3, 0.4) is 0 Å². The molecular formula is C18H17Cl2NO. The smallest absolute Gasteiger partial charge is 0.227 e. The summed E-state index contributed by atoms with van der Waals surface area (Å²) in [6, 6.07) is 13.7. The number of halogens is 2. The van der Waals surface area contributed by atoms with Crippen LogP contribution in [0.2, 0.25) is 10.0 Å². The largest absolute Gasteiger partial charge is 0.309 e. The summed E-state index contributed by atoms with van der Waals surface area (Å²) in [5.41, 5.74) is 3.11. The first-order chi connectivity index (χ1) is 10.6. The summed E-state index contributed by atoms with van der Waals surface area (Å²) < 4.78 is 0. The number of carbonyl (C=O) groups is 1. The Bertz CT molecular complexity index is 694. The molecule has 4 heteroatoms. The van der Waals surface area contributed by atoms with Gasteiger partial charge in [-0.15, -0.1) is 0 Å². The lowest BCUT2D eigenvalue weighted by atomic mass is 10.1. The SMILES string of the molecule is CC1Cc2ccccc2N1C(=O)CCc1c(Cl)cccc1Cl. The normalized spacial score (nSPS) is 16.7. The molecule has 0 bridgehead atoms. The average Bonchev–Trinajstić information content (AvgIpc) is 2.82. The highest BCUT2D eigenvalue weighted by Gasteiger charge is 2.30. The lowest BCUT2D eigenvalue weighted by Gasteiger charge is -2.23. The Morgan fingerprint density at radius 1 is 1.14 bits per heavy atom. The van der Waals surface area contributed by atoms with Crippen molar-refractivity contribution < 1.29 is 4.79 Å². The van der Waals surface area contributed by atoms with Gasteiger partial charge in [-0.1, -0.05) is 47.5 Å². The Morgan fingerprint density at radius 3 is 2.55 bits per heavy atom. The standard InChI is InChI=1S/C18H17Cl2NO/c1-12-11-13-5-2-3-8-17(13)21(12)18(22)10-9-14-15(19)6-4-7-16(14)20/h2-8,12H,9-11H2,1H3. The first kappa shape index (κ1) is 15.4. The molecule has 0 saturated heterocycles. The van der Waals surface area contributed by atoms with Crippen molar-refractivity contribution in [3.8, 4) is 0 Å². The van der Waals surface area contributed by atoms with Gasteiger partial charge in [0.05, 0.1) is 0 Å². The van der Waals surface area contributed by atoms with Crippen molar-refractivity contribution in [1.29, 1.82) is 0 Å². The van der Waals surface area contributed by atoms with E-state index in [4.69, 9.17) is 23.2 Å². The van der Waals surface area contributed by atoms with E-state index in [0.29, 0.717) is 22.9 Å². The molecule has 1 amide bonds. The van der Waals surface area contributed by atoms with Crippen LogP contribution in [0.25, 0.3) is 0 Å². The third-order valence-electron chi connectivity index (χ3n) is 4.13. The van der Waals surface area contributed by atoms with Gasteiger partial charge in [0.1, 0.15) is 0 Å². The van der Waals surface area contributed by atoms with Gasteiger partial charge in [0.15, 0.2) is 0 Å². The summed E-state index contributed by atoms with van der Waals surface area (Å²) >= 11 is 12.3. The second-order valence-corrected chi connectivity index (χ2v) is 6.46. The summed E-state index contributed by atoms with van der Waals surface area (Å²) in [7, 11) is 0. The van der Waals surface area contributed by atoms with Crippen LogP contribution in [0, 0.1) is 0 Å². The lowest BCUT2D eigenvalue weighted by molar-refractivity contribution is -0.118. The molecule has 0 fully saturated rings. The maximum atomic E-state index is 12.7. The van der Waals surface area contributed by atoms with E-state index in [2.05, 4.69) is 13.0 Å². The fourth-order valence-electron chi connectivity index (χ4n) is 3.07. The van der Waals surface area contributed by atoms with Gasteiger partial charge in [-0.25, -0.2) is 0 Å². The molecular weight excluding hydrogens is 317 g/mol. The predicted octanol–water partition coefficient (Wildman–Crippen LogP) is 4.90. The molecule has 2 nitrogen and oxygen atoms in total. The van der Waals surface area contributed by atoms with E-state index in [1.165, 1.54) is 5.56 Å². The molecule has 1 aliphatic rings. The Kier molecular flexibility index (Phi) is 4.42. The van der Waals surface area contributed by atoms with Gasteiger partial charge in [0.2, 0.25) is 5.91 Å². The van der Waals surface area contributed by atoms with Crippen molar-refractivity contribution in [2.75, 3.05) is 4.90 Å². The summed E-state index contributed by atoms with van der Waals surface area (Å²) in [5.74, 6) is 0.119. The molecule has 0 N–H and O–H groups in total. The lowest BCUT2D eigenvalue weighted by Crippen LogP contribution is -2.35. The number of benzene rings is 2. The second-order valence-electron chi connectivity index (χ2n) is 5.65. The molecule has 0 radical (unpaired) electrons. The number of hydrogen-bond donors (Lipinski definition) is 0. The molecule has 1 heterocycles. The van der Waals surface area contributed by atoms with Gasteiger partial charge >= 0.3 is 0 Å². The van der Waals surface area contributed by atoms with Crippen molar-refractivity contribution in [2.45, 2.75) is 32.2 Å². The number of rotatable bonds is 3. The number of carbonyl (C=O) groups excluding carboxylic acids is 1. The predicted molar refractivity (Wildman–Crippen MR) is 91.9 cm³/mol. The van der Waals surface area contributed by atoms with Crippen LogP contribution in [0.15, 0.2) is 42.5 Å². The van der Waals surface area contributed by atoms with Gasteiger partial charge in [0, 0.05) is 28.2 Å². The topological polar surface area (TPSA) is 20.3 Å². The third-order valence-corrected chi connectivity index (χ3v) is 4.83. The first-order valence-electron chi connectivity index (χ1n) is 7.41. The summed E-state index contributed by atoms with van der Waals surface area (Å²) in [4.78, 5) is 14.6. The molecule has 22 heavy (non-hydrogen) atoms. The fraction of sp³-hybridized carbons (Fsp3) is 0.278. The minimum Gasteiger partial charge on any atom is -0.309 e. The summed E-state index contributed by atoms with van der Waals surface area (Å²) in [5, 5.41) is 1.24. The van der Waals surface area contributed by atoms with E-state index in [-0.39, 0.29) is 11.9 Å². The highest BCUT2D eigenvalue weighted by molar-refractivity contribution is 6.36. The zero-order valence-corrected chi connectivity index (χ0v) is 13.9. The van der Waals surface area contributed by atoms with E-state index in [1.807, 2.05) is 29.2 Å². The number of hydrogen-bond acceptors (Lipinski definition) is 1. The van der Waals surface area contributed by atoms with Crippen molar-refractivity contribution in [3.05, 3.63) is 63.6 Å². The summed E-state index contributed by atoms with van der Waals surface area (Å²) in [6.07, 6.45) is 1.87. The third kappa shape index (κ3) is 2.86. The zero-order valence-electron chi connectivity index (χ0n) is 12.4. The Labute approximate surface area is 140 Å². The van der Waals surface area contributed by atoms with Crippen LogP contribution in [0.4, 0.5) is 5.69 Å². The van der Waals surface area contributed by atoms with Crippen LogP contribution in [0.5, 0.6) is 0 Å². The Balaban J connectivity index is 1.76. The molecule has 3 rings (SSSR count). The average molecular weight is 334 g/mol. The maximum absolute atomic E-state index is 12.7. The van der Waals surface area contributed by atoms with E-state index >= 15 is 0 Å². The fourth-order valence-corrected chi connectivity index (χ4v) is 3.66. The monoisotopic (exact) mass is 333 g/mol. The van der Waals surface area contributed by atoms with Crippen molar-refractivity contribution in [1.82, 2.24) is 0 Å². The number of fused-ring (bicyclic) bond motifs is 1. The van der Waals surface area contributed by atoms with Crippen LogP contribution in [-0.2, 0) is 17.6 Å². The van der Waals surface area contributed by atoms with Gasteiger partial charge in [-0.3, -0.25) is 4.79 Å². The first-order valence-corrected chi connectivity index (χ1v) is 8.16. The second kappa shape index (κ2) is 6.31. The number of para-hydroxylation sites is 1. The number of nitrogens with zero attached hydrogens (tertiary/aromatic N) is 1. The van der Waals surface area contributed by atoms with Crippen LogP contribution in [0.1, 0.15) is 24.5 Å². The van der Waals surface area contributed by atoms with E-state index in [9.17, 15) is 4.79 Å². The minimum absolute atomic E-state index is 0.119. The Hall–Kier alpha value is -1.51. The highest BCUT2D eigenvalue weighted by atomic mass is 35.5. The molecule has 1 aliphatic heterocycles. The molecule has 2 aromatic rings. The van der Waals surface area contributed by atoms with Crippen molar-refractivity contribution in [2.24, 2.45) is 0 Å². The Morgan fingerprint density at radius 2 is 1.82 bits per heavy atom. The molecule has 2 aromatic carbocycles. The molecule has 0 aliphatic carbocycles. The minimum atomic E-state index is 0.119. The molecule has 0 saturated carbocycles. The maximum Gasteiger partial charge on any atom is 0.227 e. The van der Waals surface area contributed by atoms with Crippen molar-refractivity contribution in [3.63, 3.8) is 0 Å². The highest BCUT2D eigenvalue weighted by Crippen LogP contribution is 2.33. The van der Waals surface area contributed by atoms with Crippen molar-refractivity contribution >= 4 is 34.8 Å². The van der Waals surface area contributed by atoms with E-state index in [1.54, 1.807) is 12.1 Å². The van der Waals surface area contributed by atoms with E-state index in [0.717, 1.165) is 17.7 Å². The van der Waals surface area contributed by atoms with E-state index < -0.39 is 0 Å². The number of amides is 1. The molecule has 1 atom stereocenters. The van der Waals surface area contributed by atoms with Crippen LogP contribution in [-0.4, -0.2) is 11.9 Å². The zero-order chi connectivity index (χ0) is 15.7. The quantitative estimate of drug-likeness (QED) is 0.781. The van der Waals surface area contributed by atoms with Gasteiger partial charge in [-0.2, -0.15) is 0 Å². The molecule has 0 aromatic heterocycles. The van der Waals surface area contributed by atoms with Gasteiger partial charge in [-0.05, 0) is 49.1 Å². The summed E-state index contributed by atoms with van der Waals surface area (Å²) in [6.45, 7) is 2.08. The molecule has 114 valence electrons.